The molecular formula is C26H13F9O3S. The topological polar surface area (TPSA) is 35.5 Å². The lowest BCUT2D eigenvalue weighted by Gasteiger charge is -2.17. The van der Waals surface area contributed by atoms with E-state index in [-0.39, 0.29) is 26.8 Å². The van der Waals surface area contributed by atoms with E-state index in [1.807, 2.05) is 0 Å². The second-order valence-electron chi connectivity index (χ2n) is 7.92. The van der Waals surface area contributed by atoms with E-state index in [9.17, 15) is 39.9 Å². The molecular weight excluding hydrogens is 563 g/mol. The Morgan fingerprint density at radius 3 is 1.31 bits per heavy atom. The Bertz CT molecular complexity index is 1620. The zero-order chi connectivity index (χ0) is 28.9. The van der Waals surface area contributed by atoms with Crippen molar-refractivity contribution in [1.82, 2.24) is 0 Å². The summed E-state index contributed by atoms with van der Waals surface area (Å²) in [5.41, 5.74) is -4.99. The van der Waals surface area contributed by atoms with Gasteiger partial charge in [0.15, 0.2) is 62.4 Å². The van der Waals surface area contributed by atoms with Crippen LogP contribution in [0.5, 0.6) is 10.1 Å². The van der Waals surface area contributed by atoms with Crippen LogP contribution in [-0.4, -0.2) is 20.0 Å². The van der Waals surface area contributed by atoms with Gasteiger partial charge >= 0.3 is 0 Å². The summed E-state index contributed by atoms with van der Waals surface area (Å²) in [6.45, 7) is 1.25. The van der Waals surface area contributed by atoms with Crippen LogP contribution >= 0.6 is 11.3 Å². The monoisotopic (exact) mass is 576 g/mol. The van der Waals surface area contributed by atoms with Gasteiger partial charge in [0.05, 0.1) is 30.9 Å². The molecule has 0 aliphatic rings. The molecule has 0 atom stereocenters. The summed E-state index contributed by atoms with van der Waals surface area (Å²) in [6, 6.07) is 4.36. The number of carbonyl (C=O) groups is 1. The van der Waals surface area contributed by atoms with E-state index in [1.165, 1.54) is 33.3 Å². The van der Waals surface area contributed by atoms with Crippen molar-refractivity contribution in [3.05, 3.63) is 82.2 Å². The summed E-state index contributed by atoms with van der Waals surface area (Å²) < 4.78 is 139. The second-order valence-corrected chi connectivity index (χ2v) is 8.87. The summed E-state index contributed by atoms with van der Waals surface area (Å²) in [5, 5.41) is 0.415. The van der Waals surface area contributed by atoms with E-state index < -0.39 is 80.4 Å². The predicted molar refractivity (Wildman–Crippen MR) is 123 cm³/mol. The molecule has 13 heteroatoms. The molecule has 4 rings (SSSR count). The molecule has 0 spiro atoms. The number of ketones is 1. The molecule has 4 aromatic rings. The lowest BCUT2D eigenvalue weighted by Crippen LogP contribution is -2.09. The average Bonchev–Trinajstić information content (AvgIpc) is 3.32. The Balaban J connectivity index is 2.03. The Labute approximate surface area is 218 Å². The SMILES string of the molecule is COc1sc(OC)c(-c2ccc(-c3c(F)c(F)c(F)c(F)c3-c3c(F)c(F)c(F)c(F)c3F)cc2)c1C(C)=O. The Hall–Kier alpha value is -4.00. The fraction of sp³-hybridized carbons (Fsp3) is 0.115. The Kier molecular flexibility index (Phi) is 7.39. The third-order valence-electron chi connectivity index (χ3n) is 5.76. The number of benzene rings is 3. The standard InChI is InChI=1S/C26H13F9O3S/c1-8(36)11-13(26(38-3)39-25(11)37-2)10-6-4-9(5-7-10)12-14(17(28)21(32)20(31)16(12)27)15-18(29)22(33)24(35)23(34)19(15)30/h4-7H,1-3H3. The quantitative estimate of drug-likeness (QED) is 0.100. The molecule has 3 nitrogen and oxygen atoms in total. The molecule has 0 radical (unpaired) electrons. The highest BCUT2D eigenvalue weighted by molar-refractivity contribution is 7.16. The van der Waals surface area contributed by atoms with E-state index in [1.54, 1.807) is 0 Å². The number of carbonyl (C=O) groups excluding carboxylic acids is 1. The Morgan fingerprint density at radius 1 is 0.538 bits per heavy atom. The number of thiophene rings is 1. The van der Waals surface area contributed by atoms with Gasteiger partial charge in [0.1, 0.15) is 0 Å². The number of Topliss-reactive ketones (excluding diaryl/α,β-unsaturated/α-hetero) is 1. The highest BCUT2D eigenvalue weighted by Gasteiger charge is 2.34. The first-order chi connectivity index (χ1) is 18.4. The first kappa shape index (κ1) is 28.0. The van der Waals surface area contributed by atoms with Crippen LogP contribution in [0.1, 0.15) is 17.3 Å². The maximum Gasteiger partial charge on any atom is 0.200 e. The molecule has 0 fully saturated rings. The van der Waals surface area contributed by atoms with Crippen molar-refractivity contribution in [3.8, 4) is 43.5 Å². The van der Waals surface area contributed by atoms with Crippen molar-refractivity contribution < 1.29 is 53.8 Å². The van der Waals surface area contributed by atoms with Gasteiger partial charge in [-0.3, -0.25) is 4.79 Å². The second kappa shape index (κ2) is 10.3. The van der Waals surface area contributed by atoms with Crippen molar-refractivity contribution in [2.75, 3.05) is 14.2 Å². The maximum absolute atomic E-state index is 15.0. The van der Waals surface area contributed by atoms with Crippen molar-refractivity contribution >= 4 is 17.1 Å². The summed E-state index contributed by atoms with van der Waals surface area (Å²) in [7, 11) is 2.62. The smallest absolute Gasteiger partial charge is 0.200 e. The lowest BCUT2D eigenvalue weighted by atomic mass is 9.90. The first-order valence-corrected chi connectivity index (χ1v) is 11.4. The zero-order valence-electron chi connectivity index (χ0n) is 19.8. The number of hydrogen-bond donors (Lipinski definition) is 0. The van der Waals surface area contributed by atoms with Crippen LogP contribution < -0.4 is 9.47 Å². The molecule has 0 amide bonds. The zero-order valence-corrected chi connectivity index (χ0v) is 20.7. The molecule has 0 N–H and O–H groups in total. The summed E-state index contributed by atoms with van der Waals surface area (Å²) in [5.74, 6) is -22.7. The van der Waals surface area contributed by atoms with Crippen LogP contribution in [0.2, 0.25) is 0 Å². The first-order valence-electron chi connectivity index (χ1n) is 10.6. The highest BCUT2D eigenvalue weighted by atomic mass is 32.1. The van der Waals surface area contributed by atoms with E-state index in [0.717, 1.165) is 23.5 Å². The number of rotatable bonds is 6. The van der Waals surface area contributed by atoms with Crippen molar-refractivity contribution in [3.63, 3.8) is 0 Å². The van der Waals surface area contributed by atoms with E-state index >= 15 is 4.39 Å². The van der Waals surface area contributed by atoms with Gasteiger partial charge in [-0.2, -0.15) is 0 Å². The third-order valence-corrected chi connectivity index (χ3v) is 6.87. The minimum Gasteiger partial charge on any atom is -0.487 e. The molecule has 0 saturated carbocycles. The van der Waals surface area contributed by atoms with Gasteiger partial charge in [-0.05, 0) is 18.1 Å². The largest absolute Gasteiger partial charge is 0.487 e. The van der Waals surface area contributed by atoms with Crippen LogP contribution in [-0.2, 0) is 0 Å². The molecule has 0 aliphatic heterocycles. The van der Waals surface area contributed by atoms with E-state index in [2.05, 4.69) is 0 Å². The number of halogens is 9. The fourth-order valence-corrected chi connectivity index (χ4v) is 5.03. The third kappa shape index (κ3) is 4.30. The average molecular weight is 576 g/mol. The molecule has 1 heterocycles. The Morgan fingerprint density at radius 2 is 0.897 bits per heavy atom. The molecule has 1 aromatic heterocycles. The summed E-state index contributed by atoms with van der Waals surface area (Å²) >= 11 is 0.973. The van der Waals surface area contributed by atoms with Crippen LogP contribution in [0, 0.1) is 52.4 Å². The van der Waals surface area contributed by atoms with E-state index in [4.69, 9.17) is 9.47 Å². The van der Waals surface area contributed by atoms with Crippen LogP contribution in [0.25, 0.3) is 33.4 Å². The van der Waals surface area contributed by atoms with Crippen LogP contribution in [0.4, 0.5) is 39.5 Å². The van der Waals surface area contributed by atoms with Crippen molar-refractivity contribution in [1.29, 1.82) is 0 Å². The maximum atomic E-state index is 15.0. The lowest BCUT2D eigenvalue weighted by molar-refractivity contribution is 0.101. The number of hydrogen-bond acceptors (Lipinski definition) is 4. The number of ether oxygens (including phenoxy) is 2. The molecule has 0 saturated heterocycles. The molecule has 204 valence electrons. The van der Waals surface area contributed by atoms with Crippen molar-refractivity contribution in [2.24, 2.45) is 0 Å². The van der Waals surface area contributed by atoms with E-state index in [0.29, 0.717) is 0 Å². The molecule has 3 aromatic carbocycles. The molecule has 0 unspecified atom stereocenters. The summed E-state index contributed by atoms with van der Waals surface area (Å²) in [4.78, 5) is 12.3. The molecule has 0 aliphatic carbocycles. The van der Waals surface area contributed by atoms with Crippen molar-refractivity contribution in [2.45, 2.75) is 6.92 Å². The number of methoxy groups -OCH3 is 2. The normalized spacial score (nSPS) is 11.2. The fourth-order valence-electron chi connectivity index (χ4n) is 4.03. The predicted octanol–water partition coefficient (Wildman–Crippen LogP) is 8.22. The minimum absolute atomic E-state index is 0.110. The van der Waals surface area contributed by atoms with Crippen LogP contribution in [0.3, 0.4) is 0 Å². The van der Waals surface area contributed by atoms with Crippen LogP contribution in [0.15, 0.2) is 24.3 Å². The molecule has 0 bridgehead atoms. The molecule has 39 heavy (non-hydrogen) atoms. The van der Waals surface area contributed by atoms with Gasteiger partial charge in [0, 0.05) is 11.1 Å². The minimum atomic E-state index is -2.59. The highest BCUT2D eigenvalue weighted by Crippen LogP contribution is 2.48. The van der Waals surface area contributed by atoms with Gasteiger partial charge in [-0.1, -0.05) is 35.6 Å². The van der Waals surface area contributed by atoms with Gasteiger partial charge in [-0.25, -0.2) is 39.5 Å². The summed E-state index contributed by atoms with van der Waals surface area (Å²) in [6.07, 6.45) is 0. The van der Waals surface area contributed by atoms with Gasteiger partial charge < -0.3 is 9.47 Å². The van der Waals surface area contributed by atoms with Gasteiger partial charge in [0.2, 0.25) is 5.82 Å². The van der Waals surface area contributed by atoms with Gasteiger partial charge in [-0.15, -0.1) is 0 Å². The van der Waals surface area contributed by atoms with Gasteiger partial charge in [0.25, 0.3) is 0 Å².